The third kappa shape index (κ3) is 5.34. The van der Waals surface area contributed by atoms with Gasteiger partial charge in [0.05, 0.1) is 11.6 Å². The first-order valence-electron chi connectivity index (χ1n) is 8.31. The topological polar surface area (TPSA) is 49.6 Å². The molecule has 0 atom stereocenters. The molecule has 3 nitrogen and oxygen atoms in total. The lowest BCUT2D eigenvalue weighted by atomic mass is 10.0. The molecule has 0 bridgehead atoms. The minimum atomic E-state index is 0.563. The molecule has 0 unspecified atom stereocenters. The van der Waals surface area contributed by atoms with Crippen molar-refractivity contribution >= 4 is 34.9 Å². The molecule has 132 valence electrons. The second-order valence-electron chi connectivity index (χ2n) is 6.12. The van der Waals surface area contributed by atoms with Crippen molar-refractivity contribution in [3.05, 3.63) is 70.8 Å². The third-order valence-corrected chi connectivity index (χ3v) is 7.15. The number of hydrogen-bond acceptors (Lipinski definition) is 6. The van der Waals surface area contributed by atoms with Gasteiger partial charge < -0.3 is 0 Å². The first kappa shape index (κ1) is 19.0. The van der Waals surface area contributed by atoms with E-state index < -0.39 is 0 Å². The minimum Gasteiger partial charge on any atom is -0.192 e. The van der Waals surface area contributed by atoms with Gasteiger partial charge in [0.15, 0.2) is 8.68 Å². The molecule has 0 aliphatic rings. The summed E-state index contributed by atoms with van der Waals surface area (Å²) >= 11 is 5.02. The van der Waals surface area contributed by atoms with Crippen LogP contribution in [0.1, 0.15) is 42.0 Å². The fourth-order valence-electron chi connectivity index (χ4n) is 2.33. The Kier molecular flexibility index (Phi) is 6.73. The van der Waals surface area contributed by atoms with E-state index in [1.807, 2.05) is 24.3 Å². The SMILES string of the molecule is CC(C)c1ccc(CSc2nnc(SCc3cccc(C#N)c3)s2)cc1. The molecular weight excluding hydrogens is 378 g/mol. The van der Waals surface area contributed by atoms with Crippen LogP contribution in [0.3, 0.4) is 0 Å². The van der Waals surface area contributed by atoms with Crippen LogP contribution in [0.4, 0.5) is 0 Å². The van der Waals surface area contributed by atoms with E-state index in [1.54, 1.807) is 34.9 Å². The summed E-state index contributed by atoms with van der Waals surface area (Å²) in [5.74, 6) is 2.27. The molecule has 6 heteroatoms. The van der Waals surface area contributed by atoms with Crippen LogP contribution in [-0.4, -0.2) is 10.2 Å². The summed E-state index contributed by atoms with van der Waals surface area (Å²) in [4.78, 5) is 0. The van der Waals surface area contributed by atoms with Gasteiger partial charge in [-0.2, -0.15) is 5.26 Å². The molecular formula is C20H19N3S3. The molecule has 0 amide bonds. The zero-order chi connectivity index (χ0) is 18.4. The number of nitrogens with zero attached hydrogens (tertiary/aromatic N) is 3. The number of aromatic nitrogens is 2. The van der Waals surface area contributed by atoms with Crippen LogP contribution in [0.15, 0.2) is 57.2 Å². The second-order valence-corrected chi connectivity index (χ2v) is 9.54. The van der Waals surface area contributed by atoms with E-state index in [9.17, 15) is 0 Å². The van der Waals surface area contributed by atoms with Crippen LogP contribution in [0.25, 0.3) is 0 Å². The molecule has 0 aliphatic heterocycles. The summed E-state index contributed by atoms with van der Waals surface area (Å²) in [6.45, 7) is 4.42. The highest BCUT2D eigenvalue weighted by atomic mass is 32.2. The van der Waals surface area contributed by atoms with Gasteiger partial charge in [0.1, 0.15) is 0 Å². The van der Waals surface area contributed by atoms with E-state index in [4.69, 9.17) is 5.26 Å². The number of hydrogen-bond donors (Lipinski definition) is 0. The molecule has 26 heavy (non-hydrogen) atoms. The third-order valence-electron chi connectivity index (χ3n) is 3.82. The lowest BCUT2D eigenvalue weighted by molar-refractivity contribution is 0.866. The molecule has 2 aromatic carbocycles. The molecule has 1 heterocycles. The summed E-state index contributed by atoms with van der Waals surface area (Å²) < 4.78 is 1.95. The van der Waals surface area contributed by atoms with E-state index in [0.717, 1.165) is 25.7 Å². The number of nitriles is 1. The zero-order valence-electron chi connectivity index (χ0n) is 14.7. The number of benzene rings is 2. The van der Waals surface area contributed by atoms with Gasteiger partial charge in [-0.1, -0.05) is 85.1 Å². The summed E-state index contributed by atoms with van der Waals surface area (Å²) in [5.41, 5.74) is 4.50. The van der Waals surface area contributed by atoms with Crippen LogP contribution in [0, 0.1) is 11.3 Å². The zero-order valence-corrected chi connectivity index (χ0v) is 17.1. The minimum absolute atomic E-state index is 0.563. The molecule has 3 rings (SSSR count). The van der Waals surface area contributed by atoms with E-state index in [2.05, 4.69) is 54.4 Å². The average Bonchev–Trinajstić information content (AvgIpc) is 3.13. The Morgan fingerprint density at radius 1 is 0.962 bits per heavy atom. The van der Waals surface area contributed by atoms with Crippen LogP contribution in [-0.2, 0) is 11.5 Å². The van der Waals surface area contributed by atoms with Crippen LogP contribution >= 0.6 is 34.9 Å². The maximum Gasteiger partial charge on any atom is 0.175 e. The van der Waals surface area contributed by atoms with Gasteiger partial charge in [-0.3, -0.25) is 0 Å². The molecule has 0 radical (unpaired) electrons. The van der Waals surface area contributed by atoms with Crippen molar-refractivity contribution in [2.45, 2.75) is 40.0 Å². The Morgan fingerprint density at radius 2 is 1.62 bits per heavy atom. The normalized spacial score (nSPS) is 10.8. The molecule has 0 N–H and O–H groups in total. The van der Waals surface area contributed by atoms with Crippen molar-refractivity contribution < 1.29 is 0 Å². The van der Waals surface area contributed by atoms with Gasteiger partial charge in [-0.05, 0) is 34.7 Å². The van der Waals surface area contributed by atoms with E-state index in [-0.39, 0.29) is 0 Å². The number of rotatable bonds is 7. The molecule has 0 saturated heterocycles. The maximum absolute atomic E-state index is 8.97. The quantitative estimate of drug-likeness (QED) is 0.450. The summed E-state index contributed by atoms with van der Waals surface area (Å²) in [6, 6.07) is 18.7. The van der Waals surface area contributed by atoms with Crippen molar-refractivity contribution in [3.8, 4) is 6.07 Å². The van der Waals surface area contributed by atoms with Crippen molar-refractivity contribution in [1.82, 2.24) is 10.2 Å². The van der Waals surface area contributed by atoms with Gasteiger partial charge in [0, 0.05) is 11.5 Å². The number of thioether (sulfide) groups is 2. The Bertz CT molecular complexity index is 895. The van der Waals surface area contributed by atoms with Crippen LogP contribution < -0.4 is 0 Å². The van der Waals surface area contributed by atoms with Crippen molar-refractivity contribution in [2.24, 2.45) is 0 Å². The molecule has 3 aromatic rings. The van der Waals surface area contributed by atoms with Gasteiger partial charge >= 0.3 is 0 Å². The highest BCUT2D eigenvalue weighted by molar-refractivity contribution is 8.02. The molecule has 0 saturated carbocycles. The van der Waals surface area contributed by atoms with Crippen molar-refractivity contribution in [3.63, 3.8) is 0 Å². The summed E-state index contributed by atoms with van der Waals surface area (Å²) in [6.07, 6.45) is 0. The van der Waals surface area contributed by atoms with Gasteiger partial charge in [-0.25, -0.2) is 0 Å². The fraction of sp³-hybridized carbons (Fsp3) is 0.250. The standard InChI is InChI=1S/C20H19N3S3/c1-14(2)18-8-6-15(7-9-18)12-24-19-22-23-20(26-19)25-13-17-5-3-4-16(10-17)11-21/h3-10,14H,12-13H2,1-2H3. The van der Waals surface area contributed by atoms with E-state index in [0.29, 0.717) is 11.5 Å². The first-order chi connectivity index (χ1) is 12.6. The monoisotopic (exact) mass is 397 g/mol. The Balaban J connectivity index is 1.52. The summed E-state index contributed by atoms with van der Waals surface area (Å²) in [5, 5.41) is 17.5. The smallest absolute Gasteiger partial charge is 0.175 e. The maximum atomic E-state index is 8.97. The molecule has 1 aromatic heterocycles. The summed E-state index contributed by atoms with van der Waals surface area (Å²) in [7, 11) is 0. The predicted molar refractivity (Wildman–Crippen MR) is 111 cm³/mol. The lowest BCUT2D eigenvalue weighted by Crippen LogP contribution is -1.87. The fourth-order valence-corrected chi connectivity index (χ4v) is 5.25. The molecule has 0 aliphatic carbocycles. The lowest BCUT2D eigenvalue weighted by Gasteiger charge is -2.05. The average molecular weight is 398 g/mol. The largest absolute Gasteiger partial charge is 0.192 e. The Hall–Kier alpha value is -1.81. The van der Waals surface area contributed by atoms with Gasteiger partial charge in [-0.15, -0.1) is 10.2 Å². The van der Waals surface area contributed by atoms with Crippen LogP contribution in [0.2, 0.25) is 0 Å². The molecule has 0 spiro atoms. The second kappa shape index (κ2) is 9.22. The molecule has 0 fully saturated rings. The van der Waals surface area contributed by atoms with Gasteiger partial charge in [0.2, 0.25) is 0 Å². The van der Waals surface area contributed by atoms with Crippen molar-refractivity contribution in [1.29, 1.82) is 5.26 Å². The predicted octanol–water partition coefficient (Wildman–Crippen LogP) is 6.12. The highest BCUT2D eigenvalue weighted by Gasteiger charge is 2.07. The Labute approximate surface area is 166 Å². The Morgan fingerprint density at radius 3 is 2.23 bits per heavy atom. The van der Waals surface area contributed by atoms with Gasteiger partial charge in [0.25, 0.3) is 0 Å². The van der Waals surface area contributed by atoms with E-state index in [1.165, 1.54) is 11.1 Å². The van der Waals surface area contributed by atoms with E-state index >= 15 is 0 Å². The van der Waals surface area contributed by atoms with Crippen LogP contribution in [0.5, 0.6) is 0 Å². The van der Waals surface area contributed by atoms with Crippen molar-refractivity contribution in [2.75, 3.05) is 0 Å². The first-order valence-corrected chi connectivity index (χ1v) is 11.1. The highest BCUT2D eigenvalue weighted by Crippen LogP contribution is 2.32.